The molecule has 0 fully saturated rings. The molecule has 0 unspecified atom stereocenters. The van der Waals surface area contributed by atoms with Crippen LogP contribution in [0.4, 0.5) is 11.4 Å². The molecule has 0 bridgehead atoms. The van der Waals surface area contributed by atoms with E-state index in [2.05, 4.69) is 35.0 Å². The Morgan fingerprint density at radius 3 is 3.07 bits per heavy atom. The van der Waals surface area contributed by atoms with Crippen LogP contribution in [0, 0.1) is 0 Å². The summed E-state index contributed by atoms with van der Waals surface area (Å²) in [4.78, 5) is 17.2. The summed E-state index contributed by atoms with van der Waals surface area (Å²) in [7, 11) is 0. The SMILES string of the molecule is O=C(CSC1=Nc2ccccc2[C@@H]2C=CNN12)Nc1ccc2c(c1)CCC2. The topological polar surface area (TPSA) is 56.7 Å². The number of carbonyl (C=O) groups excluding carboxylic acids is 1. The van der Waals surface area contributed by atoms with Crippen LogP contribution < -0.4 is 10.7 Å². The minimum absolute atomic E-state index is 0.0109. The molecule has 136 valence electrons. The molecule has 5 rings (SSSR count). The van der Waals surface area contributed by atoms with E-state index in [1.807, 2.05) is 35.5 Å². The summed E-state index contributed by atoms with van der Waals surface area (Å²) < 4.78 is 0. The van der Waals surface area contributed by atoms with Crippen molar-refractivity contribution in [3.05, 3.63) is 71.4 Å². The van der Waals surface area contributed by atoms with Crippen LogP contribution in [0.1, 0.15) is 29.2 Å². The van der Waals surface area contributed by atoms with Crippen LogP contribution in [0.15, 0.2) is 59.7 Å². The predicted molar refractivity (Wildman–Crippen MR) is 110 cm³/mol. The monoisotopic (exact) mass is 376 g/mol. The number of hydrogen-bond donors (Lipinski definition) is 2. The first-order chi connectivity index (χ1) is 13.3. The molecule has 0 saturated carbocycles. The second kappa shape index (κ2) is 6.78. The van der Waals surface area contributed by atoms with Gasteiger partial charge >= 0.3 is 0 Å². The number of carbonyl (C=O) groups is 1. The van der Waals surface area contributed by atoms with E-state index >= 15 is 0 Å². The highest BCUT2D eigenvalue weighted by Gasteiger charge is 2.31. The van der Waals surface area contributed by atoms with Gasteiger partial charge in [-0.3, -0.25) is 9.80 Å². The highest BCUT2D eigenvalue weighted by atomic mass is 32.2. The number of thioether (sulfide) groups is 1. The van der Waals surface area contributed by atoms with Crippen molar-refractivity contribution in [2.24, 2.45) is 4.99 Å². The smallest absolute Gasteiger partial charge is 0.234 e. The molecule has 2 heterocycles. The maximum Gasteiger partial charge on any atom is 0.234 e. The molecule has 2 aromatic carbocycles. The van der Waals surface area contributed by atoms with Gasteiger partial charge in [0.1, 0.15) is 0 Å². The summed E-state index contributed by atoms with van der Waals surface area (Å²) in [6.07, 6.45) is 7.51. The van der Waals surface area contributed by atoms with Gasteiger partial charge in [0.2, 0.25) is 5.91 Å². The highest BCUT2D eigenvalue weighted by molar-refractivity contribution is 8.14. The molecule has 6 heteroatoms. The number of hydrazine groups is 1. The molecule has 2 aromatic rings. The molecular weight excluding hydrogens is 356 g/mol. The van der Waals surface area contributed by atoms with Crippen molar-refractivity contribution in [2.45, 2.75) is 25.3 Å². The quantitative estimate of drug-likeness (QED) is 0.852. The first kappa shape index (κ1) is 16.4. The number of rotatable bonds is 3. The van der Waals surface area contributed by atoms with Gasteiger partial charge in [-0.25, -0.2) is 4.99 Å². The van der Waals surface area contributed by atoms with E-state index in [1.165, 1.54) is 34.9 Å². The van der Waals surface area contributed by atoms with Crippen LogP contribution in [-0.4, -0.2) is 21.8 Å². The first-order valence-corrected chi connectivity index (χ1v) is 10.2. The van der Waals surface area contributed by atoms with E-state index in [0.717, 1.165) is 29.4 Å². The number of nitrogens with one attached hydrogen (secondary N) is 2. The lowest BCUT2D eigenvalue weighted by Crippen LogP contribution is -2.39. The zero-order chi connectivity index (χ0) is 18.2. The van der Waals surface area contributed by atoms with Crippen molar-refractivity contribution >= 4 is 34.2 Å². The summed E-state index contributed by atoms with van der Waals surface area (Å²) in [5, 5.41) is 5.84. The lowest BCUT2D eigenvalue weighted by atomic mass is 10.0. The summed E-state index contributed by atoms with van der Waals surface area (Å²) in [5.41, 5.74) is 9.02. The Hall–Kier alpha value is -2.73. The minimum Gasteiger partial charge on any atom is -0.325 e. The van der Waals surface area contributed by atoms with E-state index in [4.69, 9.17) is 4.99 Å². The molecule has 2 aliphatic heterocycles. The van der Waals surface area contributed by atoms with Crippen LogP contribution in [0.25, 0.3) is 0 Å². The predicted octanol–water partition coefficient (Wildman–Crippen LogP) is 3.92. The maximum absolute atomic E-state index is 12.5. The molecule has 0 spiro atoms. The number of anilines is 1. The van der Waals surface area contributed by atoms with Crippen LogP contribution in [0.2, 0.25) is 0 Å². The van der Waals surface area contributed by atoms with Crippen molar-refractivity contribution in [1.29, 1.82) is 0 Å². The second-order valence-electron chi connectivity index (χ2n) is 6.93. The van der Waals surface area contributed by atoms with E-state index in [9.17, 15) is 4.79 Å². The molecule has 0 radical (unpaired) electrons. The Kier molecular flexibility index (Phi) is 4.13. The third-order valence-corrected chi connectivity index (χ3v) is 6.12. The summed E-state index contributed by atoms with van der Waals surface area (Å²) in [6, 6.07) is 14.5. The van der Waals surface area contributed by atoms with Gasteiger partial charge in [-0.05, 0) is 54.7 Å². The lowest BCUT2D eigenvalue weighted by molar-refractivity contribution is -0.113. The highest BCUT2D eigenvalue weighted by Crippen LogP contribution is 2.38. The van der Waals surface area contributed by atoms with E-state index in [1.54, 1.807) is 0 Å². The molecule has 0 saturated heterocycles. The van der Waals surface area contributed by atoms with Gasteiger partial charge in [0.25, 0.3) is 0 Å². The Morgan fingerprint density at radius 2 is 2.11 bits per heavy atom. The number of amides is 1. The lowest BCUT2D eigenvalue weighted by Gasteiger charge is -2.31. The van der Waals surface area contributed by atoms with Gasteiger partial charge in [-0.2, -0.15) is 0 Å². The fraction of sp³-hybridized carbons (Fsp3) is 0.238. The van der Waals surface area contributed by atoms with Gasteiger partial charge in [0, 0.05) is 17.5 Å². The largest absolute Gasteiger partial charge is 0.325 e. The third kappa shape index (κ3) is 3.10. The van der Waals surface area contributed by atoms with Crippen LogP contribution in [0.5, 0.6) is 0 Å². The van der Waals surface area contributed by atoms with E-state index in [0.29, 0.717) is 5.75 Å². The normalized spacial score (nSPS) is 19.0. The van der Waals surface area contributed by atoms with Crippen LogP contribution >= 0.6 is 11.8 Å². The number of nitrogens with zero attached hydrogens (tertiary/aromatic N) is 2. The Balaban J connectivity index is 1.27. The maximum atomic E-state index is 12.5. The number of aryl methyl sites for hydroxylation is 2. The number of amidine groups is 1. The molecule has 3 aliphatic rings. The zero-order valence-corrected chi connectivity index (χ0v) is 15.6. The van der Waals surface area contributed by atoms with Gasteiger partial charge < -0.3 is 10.7 Å². The standard InChI is InChI=1S/C21H20N4OS/c26-20(23-16-9-8-14-4-3-5-15(14)12-16)13-27-21-24-18-7-2-1-6-17(18)19-10-11-22-25(19)21/h1-2,6-12,19,22H,3-5,13H2,(H,23,26)/t19-/m0/s1. The van der Waals surface area contributed by atoms with E-state index in [-0.39, 0.29) is 11.9 Å². The molecule has 1 atom stereocenters. The Bertz CT molecular complexity index is 968. The summed E-state index contributed by atoms with van der Waals surface area (Å²) >= 11 is 1.45. The Labute approximate surface area is 162 Å². The zero-order valence-electron chi connectivity index (χ0n) is 14.8. The summed E-state index contributed by atoms with van der Waals surface area (Å²) in [6.45, 7) is 0. The molecule has 1 aliphatic carbocycles. The third-order valence-electron chi connectivity index (χ3n) is 5.16. The van der Waals surface area contributed by atoms with Crippen molar-refractivity contribution < 1.29 is 4.79 Å². The van der Waals surface area contributed by atoms with E-state index < -0.39 is 0 Å². The number of para-hydroxylation sites is 1. The number of aliphatic imine (C=N–C) groups is 1. The number of benzene rings is 2. The molecule has 0 aromatic heterocycles. The Morgan fingerprint density at radius 1 is 1.22 bits per heavy atom. The fourth-order valence-corrected chi connectivity index (χ4v) is 4.67. The fourth-order valence-electron chi connectivity index (χ4n) is 3.87. The average molecular weight is 376 g/mol. The second-order valence-corrected chi connectivity index (χ2v) is 7.87. The van der Waals surface area contributed by atoms with Gasteiger partial charge in [0.15, 0.2) is 5.17 Å². The minimum atomic E-state index is -0.0109. The molecular formula is C21H20N4OS. The molecule has 27 heavy (non-hydrogen) atoms. The molecule has 2 N–H and O–H groups in total. The first-order valence-electron chi connectivity index (χ1n) is 9.22. The van der Waals surface area contributed by atoms with Crippen LogP contribution in [-0.2, 0) is 17.6 Å². The average Bonchev–Trinajstić information content (AvgIpc) is 3.35. The van der Waals surface area contributed by atoms with Crippen molar-refractivity contribution in [2.75, 3.05) is 11.1 Å². The number of hydrogen-bond acceptors (Lipinski definition) is 5. The van der Waals surface area contributed by atoms with Crippen molar-refractivity contribution in [1.82, 2.24) is 10.4 Å². The molecule has 5 nitrogen and oxygen atoms in total. The molecule has 1 amide bonds. The van der Waals surface area contributed by atoms with Crippen molar-refractivity contribution in [3.63, 3.8) is 0 Å². The number of fused-ring (bicyclic) bond motifs is 4. The van der Waals surface area contributed by atoms with Gasteiger partial charge in [0.05, 0.1) is 17.5 Å². The summed E-state index contributed by atoms with van der Waals surface area (Å²) in [5.74, 6) is 0.311. The van der Waals surface area contributed by atoms with Gasteiger partial charge in [-0.15, -0.1) is 0 Å². The van der Waals surface area contributed by atoms with Crippen LogP contribution in [0.3, 0.4) is 0 Å². The van der Waals surface area contributed by atoms with Gasteiger partial charge in [-0.1, -0.05) is 36.0 Å². The van der Waals surface area contributed by atoms with Crippen molar-refractivity contribution in [3.8, 4) is 0 Å².